The van der Waals surface area contributed by atoms with E-state index < -0.39 is 28.5 Å². The number of amides is 2. The summed E-state index contributed by atoms with van der Waals surface area (Å²) in [4.78, 5) is 30.6. The summed E-state index contributed by atoms with van der Waals surface area (Å²) < 4.78 is 30.5. The fourth-order valence-corrected chi connectivity index (χ4v) is 7.91. The lowest BCUT2D eigenvalue weighted by atomic mass is 9.94. The van der Waals surface area contributed by atoms with E-state index >= 15 is 0 Å². The monoisotopic (exact) mass is 715 g/mol. The Bertz CT molecular complexity index is 1740. The molecule has 47 heavy (non-hydrogen) atoms. The molecule has 4 aromatic carbocycles. The molecular weight excluding hydrogens is 674 g/mol. The first-order valence-electron chi connectivity index (χ1n) is 16.1. The lowest BCUT2D eigenvalue weighted by Crippen LogP contribution is -2.55. The van der Waals surface area contributed by atoms with Crippen LogP contribution in [0.4, 0.5) is 5.69 Å². The molecule has 1 aliphatic carbocycles. The number of halogens is 1. The summed E-state index contributed by atoms with van der Waals surface area (Å²) in [7, 11) is -4.14. The quantitative estimate of drug-likeness (QED) is 0.166. The van der Waals surface area contributed by atoms with Gasteiger partial charge < -0.3 is 10.2 Å². The van der Waals surface area contributed by atoms with Crippen LogP contribution in [-0.4, -0.2) is 43.8 Å². The molecule has 2 amide bonds. The molecule has 1 atom stereocenters. The fourth-order valence-electron chi connectivity index (χ4n) is 6.23. The molecule has 0 saturated heterocycles. The summed E-state index contributed by atoms with van der Waals surface area (Å²) in [6.45, 7) is 3.46. The average Bonchev–Trinajstić information content (AvgIpc) is 3.06. The van der Waals surface area contributed by atoms with Crippen molar-refractivity contribution in [2.75, 3.05) is 10.8 Å². The zero-order valence-electron chi connectivity index (χ0n) is 26.9. The molecule has 0 spiro atoms. The zero-order chi connectivity index (χ0) is 33.4. The Kier molecular flexibility index (Phi) is 11.5. The predicted molar refractivity (Wildman–Crippen MR) is 191 cm³/mol. The van der Waals surface area contributed by atoms with Gasteiger partial charge in [-0.25, -0.2) is 8.42 Å². The van der Waals surface area contributed by atoms with Gasteiger partial charge in [-0.3, -0.25) is 13.9 Å². The molecule has 1 N–H and O–H groups in total. The van der Waals surface area contributed by atoms with Gasteiger partial charge in [0.1, 0.15) is 12.6 Å². The Labute approximate surface area is 287 Å². The van der Waals surface area contributed by atoms with Gasteiger partial charge in [0, 0.05) is 23.5 Å². The van der Waals surface area contributed by atoms with Gasteiger partial charge in [-0.2, -0.15) is 0 Å². The van der Waals surface area contributed by atoms with Crippen LogP contribution >= 0.6 is 15.9 Å². The lowest BCUT2D eigenvalue weighted by Gasteiger charge is -2.35. The van der Waals surface area contributed by atoms with Crippen molar-refractivity contribution in [3.63, 3.8) is 0 Å². The molecule has 7 nitrogen and oxygen atoms in total. The fraction of sp³-hybridized carbons (Fsp3) is 0.316. The van der Waals surface area contributed by atoms with Crippen LogP contribution in [0.5, 0.6) is 0 Å². The largest absolute Gasteiger partial charge is 0.352 e. The summed E-state index contributed by atoms with van der Waals surface area (Å²) in [5.41, 5.74) is 3.89. The highest BCUT2D eigenvalue weighted by atomic mass is 79.9. The number of nitrogens with one attached hydrogen (secondary N) is 1. The highest BCUT2D eigenvalue weighted by Crippen LogP contribution is 2.27. The number of carbonyl (C=O) groups excluding carboxylic acids is 2. The number of sulfonamides is 1. The maximum absolute atomic E-state index is 14.7. The van der Waals surface area contributed by atoms with Crippen LogP contribution in [0.1, 0.15) is 54.4 Å². The maximum atomic E-state index is 14.7. The molecular formula is C38H42BrN3O4S. The summed E-state index contributed by atoms with van der Waals surface area (Å²) in [6.07, 6.45) is 5.35. The van der Waals surface area contributed by atoms with Crippen LogP contribution in [0.2, 0.25) is 0 Å². The van der Waals surface area contributed by atoms with Gasteiger partial charge in [0.25, 0.3) is 10.0 Å². The molecule has 0 bridgehead atoms. The number of hydrogen-bond acceptors (Lipinski definition) is 4. The van der Waals surface area contributed by atoms with Gasteiger partial charge in [0.2, 0.25) is 11.8 Å². The third-order valence-electron chi connectivity index (χ3n) is 8.59. The van der Waals surface area contributed by atoms with Crippen molar-refractivity contribution in [2.24, 2.45) is 0 Å². The van der Waals surface area contributed by atoms with E-state index in [-0.39, 0.29) is 29.8 Å². The van der Waals surface area contributed by atoms with Crippen LogP contribution in [0.15, 0.2) is 112 Å². The smallest absolute Gasteiger partial charge is 0.264 e. The molecule has 1 saturated carbocycles. The van der Waals surface area contributed by atoms with Gasteiger partial charge in [-0.15, -0.1) is 0 Å². The van der Waals surface area contributed by atoms with E-state index in [1.165, 1.54) is 16.4 Å². The Morgan fingerprint density at radius 1 is 0.809 bits per heavy atom. The first-order chi connectivity index (χ1) is 22.6. The van der Waals surface area contributed by atoms with Crippen molar-refractivity contribution < 1.29 is 18.0 Å². The molecule has 4 aromatic rings. The van der Waals surface area contributed by atoms with Crippen LogP contribution in [-0.2, 0) is 32.6 Å². The minimum atomic E-state index is -4.14. The number of aryl methyl sites for hydroxylation is 2. The number of hydrogen-bond donors (Lipinski definition) is 1. The second kappa shape index (κ2) is 15.8. The topological polar surface area (TPSA) is 86.8 Å². The van der Waals surface area contributed by atoms with E-state index in [1.54, 1.807) is 35.2 Å². The minimum absolute atomic E-state index is 0.0457. The summed E-state index contributed by atoms with van der Waals surface area (Å²) >= 11 is 3.49. The second-order valence-electron chi connectivity index (χ2n) is 12.4. The molecule has 0 radical (unpaired) electrons. The standard InChI is InChI=1S/C38H42BrN3O4S/c1-28-22-29(2)24-34(23-28)42(47(45,46)35-16-10-5-11-17-35)27-37(43)41(26-31-18-20-32(39)21-19-31)36(25-30-12-6-3-7-13-30)38(44)40-33-14-8-4-9-15-33/h3,5-7,10-13,16-24,33,36H,4,8-9,14-15,25-27H2,1-2H3,(H,40,44)/t36-/m0/s1. The molecule has 5 rings (SSSR count). The number of nitrogens with zero attached hydrogens (tertiary/aromatic N) is 2. The molecule has 0 aromatic heterocycles. The zero-order valence-corrected chi connectivity index (χ0v) is 29.3. The van der Waals surface area contributed by atoms with E-state index in [2.05, 4.69) is 21.2 Å². The highest BCUT2D eigenvalue weighted by Gasteiger charge is 2.35. The normalized spacial score (nSPS) is 14.3. The minimum Gasteiger partial charge on any atom is -0.352 e. The summed E-state index contributed by atoms with van der Waals surface area (Å²) in [5, 5.41) is 3.25. The molecule has 0 unspecified atom stereocenters. The molecule has 246 valence electrons. The Morgan fingerprint density at radius 2 is 1.40 bits per heavy atom. The van der Waals surface area contributed by atoms with Crippen LogP contribution < -0.4 is 9.62 Å². The van der Waals surface area contributed by atoms with Crippen molar-refractivity contribution in [1.29, 1.82) is 0 Å². The number of carbonyl (C=O) groups is 2. The molecule has 1 aliphatic rings. The van der Waals surface area contributed by atoms with Crippen molar-refractivity contribution in [1.82, 2.24) is 10.2 Å². The van der Waals surface area contributed by atoms with Gasteiger partial charge in [-0.1, -0.05) is 102 Å². The van der Waals surface area contributed by atoms with Gasteiger partial charge in [0.05, 0.1) is 10.6 Å². The van der Waals surface area contributed by atoms with Gasteiger partial charge in [0.15, 0.2) is 0 Å². The first kappa shape index (κ1) is 34.4. The third-order valence-corrected chi connectivity index (χ3v) is 10.9. The van der Waals surface area contributed by atoms with E-state index in [1.807, 2.05) is 74.5 Å². The van der Waals surface area contributed by atoms with Crippen molar-refractivity contribution in [2.45, 2.75) is 75.9 Å². The van der Waals surface area contributed by atoms with Gasteiger partial charge >= 0.3 is 0 Å². The summed E-state index contributed by atoms with van der Waals surface area (Å²) in [5.74, 6) is -0.693. The Morgan fingerprint density at radius 3 is 2.02 bits per heavy atom. The predicted octanol–water partition coefficient (Wildman–Crippen LogP) is 7.35. The van der Waals surface area contributed by atoms with Crippen molar-refractivity contribution >= 4 is 43.5 Å². The molecule has 1 fully saturated rings. The molecule has 0 heterocycles. The summed E-state index contributed by atoms with van der Waals surface area (Å²) in [6, 6.07) is 30.1. The molecule has 0 aliphatic heterocycles. The van der Waals surface area contributed by atoms with Gasteiger partial charge in [-0.05, 0) is 85.3 Å². The van der Waals surface area contributed by atoms with Crippen LogP contribution in [0, 0.1) is 13.8 Å². The lowest BCUT2D eigenvalue weighted by molar-refractivity contribution is -0.140. The third kappa shape index (κ3) is 9.11. The number of anilines is 1. The number of rotatable bonds is 12. The van der Waals surface area contributed by atoms with Crippen LogP contribution in [0.3, 0.4) is 0 Å². The highest BCUT2D eigenvalue weighted by molar-refractivity contribution is 9.10. The van der Waals surface area contributed by atoms with E-state index in [0.717, 1.165) is 58.8 Å². The average molecular weight is 717 g/mol. The number of benzene rings is 4. The van der Waals surface area contributed by atoms with E-state index in [9.17, 15) is 18.0 Å². The van der Waals surface area contributed by atoms with Crippen molar-refractivity contribution in [3.8, 4) is 0 Å². The Hall–Kier alpha value is -3.95. The first-order valence-corrected chi connectivity index (χ1v) is 18.4. The second-order valence-corrected chi connectivity index (χ2v) is 15.1. The maximum Gasteiger partial charge on any atom is 0.264 e. The Balaban J connectivity index is 1.57. The van der Waals surface area contributed by atoms with Crippen LogP contribution in [0.25, 0.3) is 0 Å². The van der Waals surface area contributed by atoms with E-state index in [0.29, 0.717) is 5.69 Å². The van der Waals surface area contributed by atoms with Crippen molar-refractivity contribution in [3.05, 3.63) is 130 Å². The SMILES string of the molecule is Cc1cc(C)cc(N(CC(=O)N(Cc2ccc(Br)cc2)[C@@H](Cc2ccccc2)C(=O)NC2CCCCC2)S(=O)(=O)c2ccccc2)c1. The van der Waals surface area contributed by atoms with E-state index in [4.69, 9.17) is 0 Å². The molecule has 9 heteroatoms.